The number of ketones is 1. The average Bonchev–Trinajstić information content (AvgIpc) is 2.43. The van der Waals surface area contributed by atoms with Crippen LogP contribution < -0.4 is 0 Å². The Morgan fingerprint density at radius 1 is 1.23 bits per heavy atom. The molecule has 6 atom stereocenters. The molecule has 0 unspecified atom stereocenters. The summed E-state index contributed by atoms with van der Waals surface area (Å²) in [5, 5.41) is 11.3. The summed E-state index contributed by atoms with van der Waals surface area (Å²) < 4.78 is 5.36. The van der Waals surface area contributed by atoms with E-state index in [4.69, 9.17) is 4.74 Å². The molecule has 0 aromatic carbocycles. The van der Waals surface area contributed by atoms with Gasteiger partial charge < -0.3 is 9.84 Å². The van der Waals surface area contributed by atoms with Gasteiger partial charge in [-0.05, 0) is 44.4 Å². The van der Waals surface area contributed by atoms with Crippen LogP contribution in [0.3, 0.4) is 0 Å². The van der Waals surface area contributed by atoms with Gasteiger partial charge in [0.25, 0.3) is 0 Å². The molecule has 0 bridgehead atoms. The lowest BCUT2D eigenvalue weighted by atomic mass is 9.46. The molecule has 0 aromatic rings. The molecule has 0 heterocycles. The van der Waals surface area contributed by atoms with Crippen LogP contribution in [0.5, 0.6) is 0 Å². The van der Waals surface area contributed by atoms with Crippen LogP contribution >= 0.6 is 0 Å². The maximum Gasteiger partial charge on any atom is 0.302 e. The van der Waals surface area contributed by atoms with E-state index in [9.17, 15) is 14.7 Å². The SMILES string of the molecule is CC(=O)O[C@H]1CC[C@]2(C)[C@H]3CC[C@H](C)C(=O)[C@@H]3CC[C@@]2(O)C1. The third-order valence-electron chi connectivity index (χ3n) is 6.88. The summed E-state index contributed by atoms with van der Waals surface area (Å²) in [5.41, 5.74) is -1.02. The Hall–Kier alpha value is -0.900. The average molecular weight is 308 g/mol. The molecule has 3 rings (SSSR count). The lowest BCUT2D eigenvalue weighted by Gasteiger charge is -2.60. The first-order valence-electron chi connectivity index (χ1n) is 8.70. The van der Waals surface area contributed by atoms with Crippen molar-refractivity contribution in [2.75, 3.05) is 0 Å². The van der Waals surface area contributed by atoms with Gasteiger partial charge in [0.2, 0.25) is 0 Å². The highest BCUT2D eigenvalue weighted by Crippen LogP contribution is 2.60. The van der Waals surface area contributed by atoms with Gasteiger partial charge in [0.15, 0.2) is 0 Å². The van der Waals surface area contributed by atoms with Crippen molar-refractivity contribution in [2.24, 2.45) is 23.2 Å². The fourth-order valence-electron chi connectivity index (χ4n) is 5.50. The van der Waals surface area contributed by atoms with Crippen molar-refractivity contribution in [2.45, 2.75) is 77.4 Å². The van der Waals surface area contributed by atoms with Gasteiger partial charge in [-0.1, -0.05) is 13.8 Å². The number of ether oxygens (including phenoxy) is 1. The van der Waals surface area contributed by atoms with E-state index in [1.54, 1.807) is 0 Å². The Morgan fingerprint density at radius 2 is 1.95 bits per heavy atom. The summed E-state index contributed by atoms with van der Waals surface area (Å²) in [6.45, 7) is 5.63. The largest absolute Gasteiger partial charge is 0.462 e. The number of carbonyl (C=O) groups excluding carboxylic acids is 2. The van der Waals surface area contributed by atoms with E-state index >= 15 is 0 Å². The summed E-state index contributed by atoms with van der Waals surface area (Å²) in [6, 6.07) is 0. The fraction of sp³-hybridized carbons (Fsp3) is 0.889. The van der Waals surface area contributed by atoms with Crippen molar-refractivity contribution in [3.8, 4) is 0 Å². The first-order valence-corrected chi connectivity index (χ1v) is 8.70. The van der Waals surface area contributed by atoms with Crippen LogP contribution in [0.25, 0.3) is 0 Å². The van der Waals surface area contributed by atoms with Crippen molar-refractivity contribution in [1.29, 1.82) is 0 Å². The summed E-state index contributed by atoms with van der Waals surface area (Å²) >= 11 is 0. The zero-order valence-electron chi connectivity index (χ0n) is 13.9. The number of fused-ring (bicyclic) bond motifs is 3. The highest BCUT2D eigenvalue weighted by molar-refractivity contribution is 5.84. The summed E-state index contributed by atoms with van der Waals surface area (Å²) in [4.78, 5) is 23.8. The molecular formula is C18H28O4. The van der Waals surface area contributed by atoms with E-state index in [1.165, 1.54) is 6.92 Å². The van der Waals surface area contributed by atoms with Crippen LogP contribution in [0, 0.1) is 23.2 Å². The van der Waals surface area contributed by atoms with Crippen LogP contribution in [0.1, 0.15) is 65.7 Å². The summed E-state index contributed by atoms with van der Waals surface area (Å²) in [7, 11) is 0. The van der Waals surface area contributed by atoms with E-state index in [1.807, 2.05) is 6.92 Å². The van der Waals surface area contributed by atoms with Crippen LogP contribution in [-0.4, -0.2) is 28.6 Å². The summed E-state index contributed by atoms with van der Waals surface area (Å²) in [6.07, 6.45) is 5.40. The predicted molar refractivity (Wildman–Crippen MR) is 82.1 cm³/mol. The Labute approximate surface area is 132 Å². The maximum atomic E-state index is 12.5. The second-order valence-electron chi connectivity index (χ2n) is 8.06. The van der Waals surface area contributed by atoms with E-state index < -0.39 is 5.60 Å². The van der Waals surface area contributed by atoms with Crippen LogP contribution in [-0.2, 0) is 14.3 Å². The second kappa shape index (κ2) is 5.33. The Bertz CT molecular complexity index is 487. The molecule has 22 heavy (non-hydrogen) atoms. The van der Waals surface area contributed by atoms with Gasteiger partial charge in [-0.25, -0.2) is 0 Å². The standard InChI is InChI=1S/C18H28O4/c1-11-4-5-15-14(16(11)20)7-9-18(21)10-13(22-12(2)19)6-8-17(15,18)3/h11,13-15,21H,4-10H2,1-3H3/t11-,13-,14+,15-,17+,18+/m0/s1. The van der Waals surface area contributed by atoms with E-state index in [0.717, 1.165) is 32.1 Å². The number of rotatable bonds is 1. The highest BCUT2D eigenvalue weighted by atomic mass is 16.5. The molecule has 0 saturated heterocycles. The van der Waals surface area contributed by atoms with Crippen molar-refractivity contribution in [3.05, 3.63) is 0 Å². The number of aliphatic hydroxyl groups is 1. The smallest absolute Gasteiger partial charge is 0.302 e. The zero-order chi connectivity index (χ0) is 16.1. The monoisotopic (exact) mass is 308 g/mol. The van der Waals surface area contributed by atoms with Gasteiger partial charge in [-0.15, -0.1) is 0 Å². The molecule has 0 spiro atoms. The number of esters is 1. The molecule has 3 saturated carbocycles. The van der Waals surface area contributed by atoms with E-state index in [0.29, 0.717) is 18.6 Å². The Kier molecular flexibility index (Phi) is 3.87. The van der Waals surface area contributed by atoms with Crippen LogP contribution in [0.15, 0.2) is 0 Å². The molecule has 4 nitrogen and oxygen atoms in total. The molecule has 0 amide bonds. The van der Waals surface area contributed by atoms with Crippen molar-refractivity contribution in [3.63, 3.8) is 0 Å². The molecule has 3 fully saturated rings. The zero-order valence-corrected chi connectivity index (χ0v) is 13.9. The quantitative estimate of drug-likeness (QED) is 0.757. The summed E-state index contributed by atoms with van der Waals surface area (Å²) in [5.74, 6) is 0.718. The van der Waals surface area contributed by atoms with Gasteiger partial charge in [-0.2, -0.15) is 0 Å². The third-order valence-corrected chi connectivity index (χ3v) is 6.88. The molecule has 0 aromatic heterocycles. The Morgan fingerprint density at radius 3 is 2.64 bits per heavy atom. The van der Waals surface area contributed by atoms with Gasteiger partial charge in [0, 0.05) is 30.6 Å². The molecule has 0 radical (unpaired) electrons. The lowest BCUT2D eigenvalue weighted by Crippen LogP contribution is -2.62. The molecule has 1 N–H and O–H groups in total. The van der Waals surface area contributed by atoms with Crippen molar-refractivity contribution >= 4 is 11.8 Å². The second-order valence-corrected chi connectivity index (χ2v) is 8.06. The topological polar surface area (TPSA) is 63.6 Å². The number of carbonyl (C=O) groups is 2. The Balaban J connectivity index is 1.84. The molecule has 4 heteroatoms. The van der Waals surface area contributed by atoms with E-state index in [2.05, 4.69) is 6.92 Å². The molecule has 3 aliphatic rings. The van der Waals surface area contributed by atoms with Crippen molar-refractivity contribution in [1.82, 2.24) is 0 Å². The predicted octanol–water partition coefficient (Wildman–Crippen LogP) is 2.86. The third kappa shape index (κ3) is 2.31. The van der Waals surface area contributed by atoms with Crippen LogP contribution in [0.4, 0.5) is 0 Å². The number of hydrogen-bond acceptors (Lipinski definition) is 4. The van der Waals surface area contributed by atoms with Crippen molar-refractivity contribution < 1.29 is 19.4 Å². The minimum atomic E-state index is -0.798. The molecular weight excluding hydrogens is 280 g/mol. The molecule has 124 valence electrons. The minimum absolute atomic E-state index is 0.124. The van der Waals surface area contributed by atoms with Crippen LogP contribution in [0.2, 0.25) is 0 Å². The van der Waals surface area contributed by atoms with Gasteiger partial charge >= 0.3 is 5.97 Å². The fourth-order valence-corrected chi connectivity index (χ4v) is 5.50. The molecule has 3 aliphatic carbocycles. The number of Topliss-reactive ketones (excluding diaryl/α,β-unsaturated/α-hetero) is 1. The van der Waals surface area contributed by atoms with E-state index in [-0.39, 0.29) is 35.2 Å². The van der Waals surface area contributed by atoms with Gasteiger partial charge in [-0.3, -0.25) is 9.59 Å². The minimum Gasteiger partial charge on any atom is -0.462 e. The maximum absolute atomic E-state index is 12.5. The first-order chi connectivity index (χ1) is 10.3. The normalized spacial score (nSPS) is 48.3. The van der Waals surface area contributed by atoms with Gasteiger partial charge in [0.1, 0.15) is 11.9 Å². The number of hydrogen-bond donors (Lipinski definition) is 1. The molecule has 0 aliphatic heterocycles. The first kappa shape index (κ1) is 16.0. The highest BCUT2D eigenvalue weighted by Gasteiger charge is 2.61. The van der Waals surface area contributed by atoms with Gasteiger partial charge in [0.05, 0.1) is 5.60 Å². The lowest BCUT2D eigenvalue weighted by molar-refractivity contribution is -0.210.